The van der Waals surface area contributed by atoms with Gasteiger partial charge in [-0.05, 0) is 94.6 Å². The number of ether oxygens (including phenoxy) is 1. The number of nitrogens with one attached hydrogen (secondary N) is 1. The van der Waals surface area contributed by atoms with E-state index in [0.29, 0.717) is 28.9 Å². The van der Waals surface area contributed by atoms with Crippen LogP contribution >= 0.6 is 11.9 Å². The Hall–Kier alpha value is -1.19. The molecule has 1 spiro atoms. The van der Waals surface area contributed by atoms with E-state index in [1.54, 1.807) is 13.2 Å². The van der Waals surface area contributed by atoms with Gasteiger partial charge in [0.15, 0.2) is 0 Å². The fraction of sp³-hybridized carbons (Fsp3) is 0.750. The van der Waals surface area contributed by atoms with E-state index in [2.05, 4.69) is 38.4 Å². The molecule has 3 heterocycles. The minimum absolute atomic E-state index is 0.242. The molecule has 0 bridgehead atoms. The number of benzene rings is 1. The molecule has 0 amide bonds. The highest BCUT2D eigenvalue weighted by Gasteiger charge is 2.46. The third kappa shape index (κ3) is 5.78. The average Bonchev–Trinajstić information content (AvgIpc) is 3.52. The Labute approximate surface area is 220 Å². The number of nitrogens with zero attached hydrogens (tertiary/aromatic N) is 3. The molecule has 3 aliphatic heterocycles. The van der Waals surface area contributed by atoms with Gasteiger partial charge in [-0.15, -0.1) is 0 Å². The number of halogens is 1. The van der Waals surface area contributed by atoms with Gasteiger partial charge in [-0.25, -0.2) is 4.39 Å². The van der Waals surface area contributed by atoms with Gasteiger partial charge < -0.3 is 19.9 Å². The molecule has 4 aliphatic rings. The summed E-state index contributed by atoms with van der Waals surface area (Å²) in [5.74, 6) is -0.242. The van der Waals surface area contributed by atoms with Gasteiger partial charge in [-0.1, -0.05) is 11.9 Å². The van der Waals surface area contributed by atoms with Crippen LogP contribution in [0.5, 0.6) is 0 Å². The topological polar surface area (TPSA) is 48.0 Å². The summed E-state index contributed by atoms with van der Waals surface area (Å²) in [5, 5.41) is 4.19. The first-order valence-electron chi connectivity index (χ1n) is 13.9. The van der Waals surface area contributed by atoms with Crippen LogP contribution in [0.4, 0.5) is 10.1 Å². The van der Waals surface area contributed by atoms with Crippen molar-refractivity contribution < 1.29 is 13.9 Å². The molecule has 5 rings (SSSR count). The summed E-state index contributed by atoms with van der Waals surface area (Å²) >= 11 is 2.13. The van der Waals surface area contributed by atoms with Crippen molar-refractivity contribution in [2.75, 3.05) is 58.3 Å². The molecule has 1 saturated carbocycles. The largest absolute Gasteiger partial charge is 0.380 e. The normalized spacial score (nSPS) is 29.0. The maximum Gasteiger partial charge on any atom is 0.150 e. The number of anilines is 1. The van der Waals surface area contributed by atoms with Crippen molar-refractivity contribution in [3.63, 3.8) is 0 Å². The molecule has 0 aromatic heterocycles. The molecule has 6 nitrogen and oxygen atoms in total. The van der Waals surface area contributed by atoms with Crippen LogP contribution in [-0.4, -0.2) is 86.3 Å². The number of methoxy groups -OCH3 is 1. The summed E-state index contributed by atoms with van der Waals surface area (Å²) in [7, 11) is 3.65. The molecule has 0 radical (unpaired) electrons. The van der Waals surface area contributed by atoms with E-state index in [1.165, 1.54) is 77.2 Å². The fourth-order valence-corrected chi connectivity index (χ4v) is 8.32. The second-order valence-corrected chi connectivity index (χ2v) is 12.8. The number of carbonyl (C=O) groups is 1. The lowest BCUT2D eigenvalue weighted by Gasteiger charge is -2.39. The molecule has 1 aromatic rings. The Morgan fingerprint density at radius 3 is 2.58 bits per heavy atom. The summed E-state index contributed by atoms with van der Waals surface area (Å²) < 4.78 is 22.7. The number of aldehydes is 1. The van der Waals surface area contributed by atoms with Crippen molar-refractivity contribution in [2.24, 2.45) is 5.41 Å². The molecule has 3 saturated heterocycles. The van der Waals surface area contributed by atoms with Crippen LogP contribution in [0.25, 0.3) is 0 Å². The van der Waals surface area contributed by atoms with Gasteiger partial charge in [0.05, 0.1) is 12.3 Å². The number of hydrogen-bond donors (Lipinski definition) is 1. The third-order valence-electron chi connectivity index (χ3n) is 9.24. The summed E-state index contributed by atoms with van der Waals surface area (Å²) in [6, 6.07) is 4.58. The molecular formula is C28H43FN4O2S. The second-order valence-electron chi connectivity index (χ2n) is 11.5. The van der Waals surface area contributed by atoms with Gasteiger partial charge in [-0.3, -0.25) is 9.10 Å². The SMILES string of the molecule is CNC1CCN(SC2CCN(C3CCC4(CCN(c5cc(C=O)c(COC)cc5F)C4)C3)CC2)CC1. The lowest BCUT2D eigenvalue weighted by molar-refractivity contribution is 0.111. The van der Waals surface area contributed by atoms with Crippen LogP contribution in [0, 0.1) is 11.2 Å². The quantitative estimate of drug-likeness (QED) is 0.406. The van der Waals surface area contributed by atoms with Crippen LogP contribution in [0.1, 0.15) is 67.3 Å². The van der Waals surface area contributed by atoms with Crippen LogP contribution in [-0.2, 0) is 11.3 Å². The molecule has 2 unspecified atom stereocenters. The zero-order chi connectivity index (χ0) is 25.1. The molecule has 36 heavy (non-hydrogen) atoms. The minimum Gasteiger partial charge on any atom is -0.380 e. The molecule has 1 N–H and O–H groups in total. The first-order valence-corrected chi connectivity index (χ1v) is 14.7. The standard InChI is InChI=1S/C28H43FN4O2S/c1-30-23-4-12-33(13-5-23)36-25-6-10-31(11-7-25)24-3-8-28(17-24)9-14-32(20-28)27-16-21(18-34)22(19-35-2)15-26(27)29/h15-16,18,23-25,30H,3-14,17,19-20H2,1-2H3. The van der Waals surface area contributed by atoms with Gasteiger partial charge in [0.2, 0.25) is 0 Å². The maximum absolute atomic E-state index is 15.0. The van der Waals surface area contributed by atoms with Gasteiger partial charge >= 0.3 is 0 Å². The lowest BCUT2D eigenvalue weighted by Crippen LogP contribution is -2.43. The molecule has 1 aromatic carbocycles. The predicted octanol–water partition coefficient (Wildman–Crippen LogP) is 4.33. The fourth-order valence-electron chi connectivity index (χ4n) is 7.06. The molecular weight excluding hydrogens is 475 g/mol. The van der Waals surface area contributed by atoms with Crippen LogP contribution < -0.4 is 10.2 Å². The summed E-state index contributed by atoms with van der Waals surface area (Å²) in [6.07, 6.45) is 10.8. The van der Waals surface area contributed by atoms with Crippen LogP contribution in [0.15, 0.2) is 12.1 Å². The second kappa shape index (κ2) is 11.7. The molecule has 200 valence electrons. The van der Waals surface area contributed by atoms with Gasteiger partial charge in [-0.2, -0.15) is 0 Å². The Kier molecular flexibility index (Phi) is 8.58. The van der Waals surface area contributed by atoms with E-state index in [4.69, 9.17) is 4.74 Å². The zero-order valence-corrected chi connectivity index (χ0v) is 22.8. The van der Waals surface area contributed by atoms with Crippen molar-refractivity contribution in [3.8, 4) is 0 Å². The molecule has 2 atom stereocenters. The van der Waals surface area contributed by atoms with Gasteiger partial charge in [0.25, 0.3) is 0 Å². The zero-order valence-electron chi connectivity index (χ0n) is 22.0. The number of piperidine rings is 2. The molecule has 8 heteroatoms. The van der Waals surface area contributed by atoms with Crippen molar-refractivity contribution >= 4 is 23.9 Å². The summed E-state index contributed by atoms with van der Waals surface area (Å²) in [6.45, 7) is 6.87. The number of likely N-dealkylation sites (tertiary alicyclic amines) is 1. The first kappa shape index (κ1) is 26.4. The number of carbonyl (C=O) groups excluding carboxylic acids is 1. The van der Waals surface area contributed by atoms with E-state index < -0.39 is 0 Å². The summed E-state index contributed by atoms with van der Waals surface area (Å²) in [4.78, 5) is 16.5. The highest BCUT2D eigenvalue weighted by atomic mass is 32.2. The van der Waals surface area contributed by atoms with E-state index in [1.807, 2.05) is 0 Å². The summed E-state index contributed by atoms with van der Waals surface area (Å²) in [5.41, 5.74) is 2.01. The van der Waals surface area contributed by atoms with Crippen molar-refractivity contribution in [1.29, 1.82) is 0 Å². The van der Waals surface area contributed by atoms with E-state index in [9.17, 15) is 9.18 Å². The van der Waals surface area contributed by atoms with E-state index >= 15 is 0 Å². The van der Waals surface area contributed by atoms with Gasteiger partial charge in [0, 0.05) is 56.2 Å². The van der Waals surface area contributed by atoms with E-state index in [0.717, 1.165) is 31.0 Å². The monoisotopic (exact) mass is 518 g/mol. The lowest BCUT2D eigenvalue weighted by atomic mass is 9.85. The predicted molar refractivity (Wildman–Crippen MR) is 145 cm³/mol. The number of hydrogen-bond acceptors (Lipinski definition) is 7. The Balaban J connectivity index is 1.12. The van der Waals surface area contributed by atoms with Crippen molar-refractivity contribution in [2.45, 2.75) is 75.3 Å². The third-order valence-corrected chi connectivity index (χ3v) is 10.7. The average molecular weight is 519 g/mol. The Morgan fingerprint density at radius 2 is 1.89 bits per heavy atom. The highest BCUT2D eigenvalue weighted by Crippen LogP contribution is 2.49. The van der Waals surface area contributed by atoms with Crippen molar-refractivity contribution in [1.82, 2.24) is 14.5 Å². The van der Waals surface area contributed by atoms with Crippen molar-refractivity contribution in [3.05, 3.63) is 29.1 Å². The Bertz CT molecular complexity index is 904. The van der Waals surface area contributed by atoms with E-state index in [-0.39, 0.29) is 17.8 Å². The van der Waals surface area contributed by atoms with Crippen LogP contribution in [0.2, 0.25) is 0 Å². The highest BCUT2D eigenvalue weighted by molar-refractivity contribution is 7.97. The number of rotatable bonds is 8. The maximum atomic E-state index is 15.0. The van der Waals surface area contributed by atoms with Gasteiger partial charge in [0.1, 0.15) is 12.1 Å². The minimum atomic E-state index is -0.242. The first-order chi connectivity index (χ1) is 17.5. The molecule has 4 fully saturated rings. The van der Waals surface area contributed by atoms with Crippen LogP contribution in [0.3, 0.4) is 0 Å². The smallest absolute Gasteiger partial charge is 0.150 e. The Morgan fingerprint density at radius 1 is 1.11 bits per heavy atom. The molecule has 1 aliphatic carbocycles.